The largest absolute Gasteiger partial charge is 0.411 e. The van der Waals surface area contributed by atoms with Crippen molar-refractivity contribution < 1.29 is 9.21 Å². The van der Waals surface area contributed by atoms with Gasteiger partial charge in [-0.05, 0) is 37.4 Å². The molecule has 0 fully saturated rings. The summed E-state index contributed by atoms with van der Waals surface area (Å²) in [6.45, 7) is 8.90. The zero-order valence-corrected chi connectivity index (χ0v) is 17.0. The zero-order chi connectivity index (χ0) is 19.2. The minimum atomic E-state index is 0.0134. The first-order valence-corrected chi connectivity index (χ1v) is 10.4. The third-order valence-electron chi connectivity index (χ3n) is 3.82. The SMILES string of the molecule is C=CCN(Cc1cccs1)C(=O)CSc1nnc(-c2cc(C)cc(C)c2)o1. The van der Waals surface area contributed by atoms with Crippen LogP contribution in [0.15, 0.2) is 58.0 Å². The summed E-state index contributed by atoms with van der Waals surface area (Å²) < 4.78 is 5.73. The van der Waals surface area contributed by atoms with Gasteiger partial charge in [0, 0.05) is 17.0 Å². The van der Waals surface area contributed by atoms with Crippen LogP contribution >= 0.6 is 23.1 Å². The van der Waals surface area contributed by atoms with Crippen LogP contribution in [0.5, 0.6) is 0 Å². The molecular formula is C20H21N3O2S2. The van der Waals surface area contributed by atoms with Gasteiger partial charge in [-0.25, -0.2) is 0 Å². The van der Waals surface area contributed by atoms with Crippen molar-refractivity contribution in [3.63, 3.8) is 0 Å². The molecule has 0 aliphatic carbocycles. The van der Waals surface area contributed by atoms with Crippen LogP contribution in [0.2, 0.25) is 0 Å². The van der Waals surface area contributed by atoms with Gasteiger partial charge >= 0.3 is 0 Å². The maximum absolute atomic E-state index is 12.6. The number of aryl methyl sites for hydroxylation is 2. The number of carbonyl (C=O) groups is 1. The fourth-order valence-corrected chi connectivity index (χ4v) is 4.08. The first kappa shape index (κ1) is 19.4. The average Bonchev–Trinajstić information content (AvgIpc) is 3.30. The molecule has 0 radical (unpaired) electrons. The maximum Gasteiger partial charge on any atom is 0.277 e. The molecule has 7 heteroatoms. The second kappa shape index (κ2) is 9.01. The summed E-state index contributed by atoms with van der Waals surface area (Å²) in [5, 5.41) is 10.6. The average molecular weight is 400 g/mol. The molecular weight excluding hydrogens is 378 g/mol. The second-order valence-corrected chi connectivity index (χ2v) is 8.14. The van der Waals surface area contributed by atoms with E-state index in [2.05, 4.69) is 22.8 Å². The number of carbonyl (C=O) groups excluding carboxylic acids is 1. The Morgan fingerprint density at radius 1 is 1.30 bits per heavy atom. The lowest BCUT2D eigenvalue weighted by molar-refractivity contribution is -0.128. The van der Waals surface area contributed by atoms with E-state index in [1.807, 2.05) is 43.5 Å². The number of benzene rings is 1. The van der Waals surface area contributed by atoms with Gasteiger partial charge in [0.1, 0.15) is 0 Å². The third kappa shape index (κ3) is 5.30. The molecule has 2 heterocycles. The highest BCUT2D eigenvalue weighted by molar-refractivity contribution is 7.99. The molecule has 0 saturated carbocycles. The predicted octanol–water partition coefficient (Wildman–Crippen LogP) is 4.72. The Morgan fingerprint density at radius 3 is 2.74 bits per heavy atom. The van der Waals surface area contributed by atoms with Gasteiger partial charge in [0.2, 0.25) is 11.8 Å². The fraction of sp³-hybridized carbons (Fsp3) is 0.250. The van der Waals surface area contributed by atoms with Gasteiger partial charge in [-0.1, -0.05) is 41.1 Å². The molecule has 3 aromatic rings. The number of thioether (sulfide) groups is 1. The van der Waals surface area contributed by atoms with Gasteiger partial charge in [-0.15, -0.1) is 28.1 Å². The summed E-state index contributed by atoms with van der Waals surface area (Å²) >= 11 is 2.89. The van der Waals surface area contributed by atoms with E-state index in [0.29, 0.717) is 24.2 Å². The fourth-order valence-electron chi connectivity index (χ4n) is 2.70. The second-order valence-electron chi connectivity index (χ2n) is 6.18. The topological polar surface area (TPSA) is 59.2 Å². The first-order chi connectivity index (χ1) is 13.0. The summed E-state index contributed by atoms with van der Waals surface area (Å²) in [5.74, 6) is 0.728. The van der Waals surface area contributed by atoms with E-state index in [9.17, 15) is 4.79 Å². The Labute approximate surface area is 167 Å². The van der Waals surface area contributed by atoms with Crippen LogP contribution in [0.1, 0.15) is 16.0 Å². The highest BCUT2D eigenvalue weighted by atomic mass is 32.2. The Morgan fingerprint density at radius 2 is 2.07 bits per heavy atom. The maximum atomic E-state index is 12.6. The molecule has 5 nitrogen and oxygen atoms in total. The van der Waals surface area contributed by atoms with Crippen LogP contribution in [0, 0.1) is 13.8 Å². The molecule has 0 atom stereocenters. The van der Waals surface area contributed by atoms with Crippen LogP contribution in [0.25, 0.3) is 11.5 Å². The summed E-state index contributed by atoms with van der Waals surface area (Å²) in [7, 11) is 0. The number of nitrogens with zero attached hydrogens (tertiary/aromatic N) is 3. The van der Waals surface area contributed by atoms with Crippen molar-refractivity contribution in [1.29, 1.82) is 0 Å². The lowest BCUT2D eigenvalue weighted by Crippen LogP contribution is -2.31. The Kier molecular flexibility index (Phi) is 6.47. The Hall–Kier alpha value is -2.38. The van der Waals surface area contributed by atoms with E-state index in [1.54, 1.807) is 22.3 Å². The molecule has 0 bridgehead atoms. The van der Waals surface area contributed by atoms with Crippen molar-refractivity contribution in [3.8, 4) is 11.5 Å². The minimum Gasteiger partial charge on any atom is -0.411 e. The minimum absolute atomic E-state index is 0.0134. The van der Waals surface area contributed by atoms with E-state index in [0.717, 1.165) is 21.6 Å². The monoisotopic (exact) mass is 399 g/mol. The van der Waals surface area contributed by atoms with Gasteiger partial charge in [0.25, 0.3) is 5.22 Å². The van der Waals surface area contributed by atoms with E-state index in [4.69, 9.17) is 4.42 Å². The number of hydrogen-bond donors (Lipinski definition) is 0. The van der Waals surface area contributed by atoms with Crippen molar-refractivity contribution in [1.82, 2.24) is 15.1 Å². The van der Waals surface area contributed by atoms with Crippen molar-refractivity contribution in [2.24, 2.45) is 0 Å². The number of thiophene rings is 1. The van der Waals surface area contributed by atoms with Crippen LogP contribution in [-0.4, -0.2) is 33.3 Å². The molecule has 0 aliphatic heterocycles. The molecule has 3 rings (SSSR count). The first-order valence-electron chi connectivity index (χ1n) is 8.51. The lowest BCUT2D eigenvalue weighted by atomic mass is 10.1. The van der Waals surface area contributed by atoms with Gasteiger partial charge in [-0.2, -0.15) is 0 Å². The predicted molar refractivity (Wildman–Crippen MR) is 110 cm³/mol. The summed E-state index contributed by atoms with van der Waals surface area (Å²) in [5.41, 5.74) is 3.17. The molecule has 27 heavy (non-hydrogen) atoms. The zero-order valence-electron chi connectivity index (χ0n) is 15.3. The normalized spacial score (nSPS) is 10.7. The lowest BCUT2D eigenvalue weighted by Gasteiger charge is -2.19. The van der Waals surface area contributed by atoms with E-state index in [-0.39, 0.29) is 11.7 Å². The quantitative estimate of drug-likeness (QED) is 0.405. The standard InChI is InChI=1S/C20H21N3O2S2/c1-4-7-23(12-17-6-5-8-26-17)18(24)13-27-20-22-21-19(25-20)16-10-14(2)9-15(3)11-16/h4-6,8-11H,1,7,12-13H2,2-3H3. The molecule has 0 spiro atoms. The molecule has 140 valence electrons. The summed E-state index contributed by atoms with van der Waals surface area (Å²) in [6.07, 6.45) is 1.74. The van der Waals surface area contributed by atoms with Crippen LogP contribution in [0.3, 0.4) is 0 Å². The molecule has 0 aliphatic rings. The molecule has 1 aromatic carbocycles. The van der Waals surface area contributed by atoms with Crippen LogP contribution in [-0.2, 0) is 11.3 Å². The van der Waals surface area contributed by atoms with Crippen molar-refractivity contribution >= 4 is 29.0 Å². The summed E-state index contributed by atoms with van der Waals surface area (Å²) in [4.78, 5) is 15.5. The van der Waals surface area contributed by atoms with Gasteiger partial charge in [0.15, 0.2) is 0 Å². The molecule has 0 N–H and O–H groups in total. The van der Waals surface area contributed by atoms with E-state index < -0.39 is 0 Å². The van der Waals surface area contributed by atoms with Crippen molar-refractivity contribution in [2.75, 3.05) is 12.3 Å². The van der Waals surface area contributed by atoms with Gasteiger partial charge in [-0.3, -0.25) is 4.79 Å². The smallest absolute Gasteiger partial charge is 0.277 e. The highest BCUT2D eigenvalue weighted by Crippen LogP contribution is 2.25. The Balaban J connectivity index is 1.62. The molecule has 1 amide bonds. The van der Waals surface area contributed by atoms with E-state index >= 15 is 0 Å². The Bertz CT molecular complexity index is 899. The van der Waals surface area contributed by atoms with Gasteiger partial charge in [0.05, 0.1) is 12.3 Å². The number of hydrogen-bond acceptors (Lipinski definition) is 6. The highest BCUT2D eigenvalue weighted by Gasteiger charge is 2.16. The molecule has 0 unspecified atom stereocenters. The van der Waals surface area contributed by atoms with Crippen molar-refractivity contribution in [2.45, 2.75) is 25.6 Å². The van der Waals surface area contributed by atoms with Crippen LogP contribution < -0.4 is 0 Å². The van der Waals surface area contributed by atoms with Gasteiger partial charge < -0.3 is 9.32 Å². The summed E-state index contributed by atoms with van der Waals surface area (Å²) in [6, 6.07) is 10.1. The molecule has 0 saturated heterocycles. The van der Waals surface area contributed by atoms with Crippen molar-refractivity contribution in [3.05, 3.63) is 64.4 Å². The van der Waals surface area contributed by atoms with E-state index in [1.165, 1.54) is 11.8 Å². The van der Waals surface area contributed by atoms with Crippen LogP contribution in [0.4, 0.5) is 0 Å². The number of rotatable bonds is 8. The molecule has 2 aromatic heterocycles. The number of amides is 1. The third-order valence-corrected chi connectivity index (χ3v) is 5.49. The number of aromatic nitrogens is 2.